The lowest BCUT2D eigenvalue weighted by molar-refractivity contribution is -0.107. The third-order valence-electron chi connectivity index (χ3n) is 7.69. The zero-order valence-corrected chi connectivity index (χ0v) is 27.0. The number of primary amides is 2. The van der Waals surface area contributed by atoms with Crippen LogP contribution < -0.4 is 21.7 Å². The van der Waals surface area contributed by atoms with Gasteiger partial charge in [0.05, 0.1) is 17.6 Å². The summed E-state index contributed by atoms with van der Waals surface area (Å²) in [7, 11) is 3.12. The number of hydrogen-bond donors (Lipinski definition) is 3. The fourth-order valence-electron chi connectivity index (χ4n) is 5.18. The largest absolute Gasteiger partial charge is 0.366 e. The minimum atomic E-state index is -0.549. The molecule has 0 unspecified atom stereocenters. The first kappa shape index (κ1) is 32.2. The van der Waals surface area contributed by atoms with Crippen molar-refractivity contribution in [3.05, 3.63) is 137 Å². The van der Waals surface area contributed by atoms with Crippen LogP contribution in [-0.2, 0) is 17.9 Å². The second-order valence-corrected chi connectivity index (χ2v) is 12.9. The number of rotatable bonds is 12. The summed E-state index contributed by atoms with van der Waals surface area (Å²) in [5.74, 6) is -1.35. The number of nitrogens with zero attached hydrogens (tertiary/aromatic N) is 3. The molecular formula is C36H28N6O4S2. The Labute approximate surface area is 283 Å². The van der Waals surface area contributed by atoms with Gasteiger partial charge in [-0.2, -0.15) is 0 Å². The average molecular weight is 673 g/mol. The maximum Gasteiger partial charge on any atom is 0.251 e. The normalized spacial score (nSPS) is 10.9. The van der Waals surface area contributed by atoms with E-state index in [0.29, 0.717) is 35.5 Å². The van der Waals surface area contributed by atoms with Crippen LogP contribution in [0.1, 0.15) is 42.2 Å². The number of anilines is 1. The number of aromatic nitrogens is 2. The maximum absolute atomic E-state index is 12.8. The molecule has 48 heavy (non-hydrogen) atoms. The molecule has 5 N–H and O–H groups in total. The molecule has 4 aromatic carbocycles. The van der Waals surface area contributed by atoms with E-state index in [9.17, 15) is 19.2 Å². The van der Waals surface area contributed by atoms with Crippen LogP contribution in [0.2, 0.25) is 0 Å². The molecule has 12 heteroatoms. The summed E-state index contributed by atoms with van der Waals surface area (Å²) in [5.41, 5.74) is 15.9. The van der Waals surface area contributed by atoms with Crippen LogP contribution in [0.4, 0.5) is 5.69 Å². The van der Waals surface area contributed by atoms with Gasteiger partial charge in [0, 0.05) is 61.9 Å². The van der Waals surface area contributed by atoms with E-state index in [0.717, 1.165) is 49.1 Å². The van der Waals surface area contributed by atoms with Crippen molar-refractivity contribution in [1.29, 1.82) is 0 Å². The van der Waals surface area contributed by atoms with Gasteiger partial charge in [-0.25, -0.2) is 0 Å². The molecule has 0 aliphatic rings. The molecule has 0 saturated heterocycles. The highest BCUT2D eigenvalue weighted by molar-refractivity contribution is 8.76. The lowest BCUT2D eigenvalue weighted by Gasteiger charge is -2.19. The van der Waals surface area contributed by atoms with Crippen LogP contribution in [-0.4, -0.2) is 34.1 Å². The topological polar surface area (TPSA) is 161 Å². The maximum atomic E-state index is 12.8. The fraction of sp³-hybridized carbons (Fsp3) is 0.0556. The van der Waals surface area contributed by atoms with E-state index in [-0.39, 0.29) is 5.91 Å². The summed E-state index contributed by atoms with van der Waals surface area (Å²) in [5, 5.41) is 4.79. The van der Waals surface area contributed by atoms with Gasteiger partial charge in [-0.15, -0.1) is 0 Å². The van der Waals surface area contributed by atoms with E-state index in [1.54, 1.807) is 75.3 Å². The van der Waals surface area contributed by atoms with Gasteiger partial charge >= 0.3 is 0 Å². The Morgan fingerprint density at radius 3 is 1.71 bits per heavy atom. The smallest absolute Gasteiger partial charge is 0.251 e. The monoisotopic (exact) mass is 672 g/mol. The zero-order chi connectivity index (χ0) is 33.6. The first-order valence-corrected chi connectivity index (χ1v) is 16.8. The average Bonchev–Trinajstić information content (AvgIpc) is 3.12. The van der Waals surface area contributed by atoms with Crippen molar-refractivity contribution in [2.45, 2.75) is 22.9 Å². The Morgan fingerprint density at radius 1 is 0.667 bits per heavy atom. The fourth-order valence-corrected chi connectivity index (χ4v) is 7.44. The van der Waals surface area contributed by atoms with Crippen LogP contribution in [0.25, 0.3) is 21.8 Å². The van der Waals surface area contributed by atoms with Gasteiger partial charge in [-0.3, -0.25) is 29.1 Å². The molecule has 238 valence electrons. The minimum absolute atomic E-state index is 0.267. The summed E-state index contributed by atoms with van der Waals surface area (Å²) in [6.45, 7) is 0.602. The molecule has 0 aliphatic carbocycles. The van der Waals surface area contributed by atoms with Crippen LogP contribution in [0.15, 0.2) is 119 Å². The van der Waals surface area contributed by atoms with Crippen molar-refractivity contribution < 1.29 is 19.2 Å². The van der Waals surface area contributed by atoms with Crippen molar-refractivity contribution in [2.24, 2.45) is 11.5 Å². The number of benzene rings is 4. The standard InChI is InChI=1S/C36H28N6O4S2/c37-34(44)22-5-7-24(8-6-22)36(46)41-19-25-11-15-30(32-28(25)3-1-17-39-32)47-48-31-16-12-26(29-4-2-18-40-33(29)31)20-42(21-43)27-13-9-23(10-14-27)35(38)45/h1-18,21H,19-20H2,(H2,37,44)(H2,38,45)(H,41,46). The van der Waals surface area contributed by atoms with E-state index < -0.39 is 11.8 Å². The molecule has 0 fully saturated rings. The molecule has 4 amide bonds. The van der Waals surface area contributed by atoms with Crippen molar-refractivity contribution in [1.82, 2.24) is 15.3 Å². The Balaban J connectivity index is 1.19. The number of carbonyl (C=O) groups is 4. The van der Waals surface area contributed by atoms with Crippen LogP contribution >= 0.6 is 21.6 Å². The number of fused-ring (bicyclic) bond motifs is 2. The van der Waals surface area contributed by atoms with E-state index >= 15 is 0 Å². The third-order valence-corrected chi connectivity index (χ3v) is 10.1. The number of pyridine rings is 2. The third kappa shape index (κ3) is 6.99. The Bertz CT molecular complexity index is 2180. The Hall–Kier alpha value is -5.72. The molecule has 0 spiro atoms. The lowest BCUT2D eigenvalue weighted by atomic mass is 10.1. The second kappa shape index (κ2) is 14.4. The number of nitrogens with one attached hydrogen (secondary N) is 1. The summed E-state index contributed by atoms with van der Waals surface area (Å²) in [6.07, 6.45) is 4.24. The summed E-state index contributed by atoms with van der Waals surface area (Å²) in [4.78, 5) is 60.5. The van der Waals surface area contributed by atoms with Gasteiger partial charge < -0.3 is 21.7 Å². The zero-order valence-electron chi connectivity index (χ0n) is 25.3. The Morgan fingerprint density at radius 2 is 1.17 bits per heavy atom. The highest BCUT2D eigenvalue weighted by Crippen LogP contribution is 2.43. The second-order valence-electron chi connectivity index (χ2n) is 10.7. The summed E-state index contributed by atoms with van der Waals surface area (Å²) < 4.78 is 0. The quantitative estimate of drug-likeness (QED) is 0.107. The number of amides is 4. The molecule has 10 nitrogen and oxygen atoms in total. The van der Waals surface area contributed by atoms with E-state index in [4.69, 9.17) is 11.5 Å². The number of hydrogen-bond acceptors (Lipinski definition) is 8. The first-order chi connectivity index (χ1) is 23.3. The van der Waals surface area contributed by atoms with Gasteiger partial charge in [0.2, 0.25) is 18.2 Å². The van der Waals surface area contributed by atoms with Gasteiger partial charge in [-0.1, -0.05) is 45.9 Å². The summed E-state index contributed by atoms with van der Waals surface area (Å²) >= 11 is 0. The molecule has 0 radical (unpaired) electrons. The predicted octanol–water partition coefficient (Wildman–Crippen LogP) is 5.87. The lowest BCUT2D eigenvalue weighted by Crippen LogP contribution is -2.23. The van der Waals surface area contributed by atoms with E-state index in [2.05, 4.69) is 15.3 Å². The van der Waals surface area contributed by atoms with Crippen LogP contribution in [0.3, 0.4) is 0 Å². The molecule has 0 bridgehead atoms. The van der Waals surface area contributed by atoms with Crippen LogP contribution in [0, 0.1) is 0 Å². The molecule has 0 aliphatic heterocycles. The van der Waals surface area contributed by atoms with E-state index in [1.165, 1.54) is 12.1 Å². The van der Waals surface area contributed by atoms with Gasteiger partial charge in [0.25, 0.3) is 5.91 Å². The number of carbonyl (C=O) groups excluding carboxylic acids is 4. The van der Waals surface area contributed by atoms with Gasteiger partial charge in [0.1, 0.15) is 0 Å². The van der Waals surface area contributed by atoms with Crippen molar-refractivity contribution >= 4 is 73.2 Å². The van der Waals surface area contributed by atoms with Crippen molar-refractivity contribution in [2.75, 3.05) is 4.90 Å². The van der Waals surface area contributed by atoms with Crippen molar-refractivity contribution in [3.8, 4) is 0 Å². The molecule has 0 atom stereocenters. The molecule has 2 heterocycles. The van der Waals surface area contributed by atoms with Gasteiger partial charge in [0.15, 0.2) is 0 Å². The molecule has 6 aromatic rings. The SMILES string of the molecule is NC(=O)c1ccc(C(=O)NCc2ccc(SSc3ccc(CN(C=O)c4ccc(C(N)=O)cc4)c4cccnc34)c3ncccc23)cc1. The Kier molecular flexibility index (Phi) is 9.65. The van der Waals surface area contributed by atoms with Gasteiger partial charge in [-0.05, 0) is 83.9 Å². The molecule has 0 saturated carbocycles. The number of nitrogens with two attached hydrogens (primary N) is 2. The first-order valence-electron chi connectivity index (χ1n) is 14.7. The van der Waals surface area contributed by atoms with Crippen molar-refractivity contribution in [3.63, 3.8) is 0 Å². The minimum Gasteiger partial charge on any atom is -0.366 e. The summed E-state index contributed by atoms with van der Waals surface area (Å²) in [6, 6.07) is 28.4. The van der Waals surface area contributed by atoms with E-state index in [1.807, 2.05) is 48.5 Å². The van der Waals surface area contributed by atoms with Crippen LogP contribution in [0.5, 0.6) is 0 Å². The molecule has 2 aromatic heterocycles. The molecular weight excluding hydrogens is 645 g/mol. The highest BCUT2D eigenvalue weighted by atomic mass is 33.1. The highest BCUT2D eigenvalue weighted by Gasteiger charge is 2.15. The molecule has 6 rings (SSSR count). The predicted molar refractivity (Wildman–Crippen MR) is 189 cm³/mol.